The number of benzene rings is 2. The van der Waals surface area contributed by atoms with Gasteiger partial charge in [-0.15, -0.1) is 4.91 Å². The molecule has 0 bridgehead atoms. The average Bonchev–Trinajstić information content (AvgIpc) is 2.45. The van der Waals surface area contributed by atoms with Crippen LogP contribution in [0.1, 0.15) is 15.9 Å². The summed E-state index contributed by atoms with van der Waals surface area (Å²) in [6.07, 6.45) is 0. The van der Waals surface area contributed by atoms with Gasteiger partial charge in [-0.25, -0.2) is 4.79 Å². The van der Waals surface area contributed by atoms with Crippen LogP contribution in [0, 0.1) is 4.91 Å². The molecule has 0 radical (unpaired) electrons. The molecular weight excluding hydrogens is 246 g/mol. The van der Waals surface area contributed by atoms with E-state index in [-0.39, 0.29) is 23.6 Å². The SMILES string of the molecule is O=Nc1c(O)cccc1C(=O)OCc1ccccc1. The highest BCUT2D eigenvalue weighted by atomic mass is 16.5. The molecule has 0 aliphatic heterocycles. The second kappa shape index (κ2) is 5.77. The molecule has 5 heteroatoms. The van der Waals surface area contributed by atoms with E-state index in [4.69, 9.17) is 4.74 Å². The van der Waals surface area contributed by atoms with Gasteiger partial charge in [-0.05, 0) is 22.9 Å². The minimum absolute atomic E-state index is 0.0501. The lowest BCUT2D eigenvalue weighted by atomic mass is 10.1. The molecule has 0 saturated heterocycles. The average molecular weight is 257 g/mol. The summed E-state index contributed by atoms with van der Waals surface area (Å²) in [5.41, 5.74) is 0.475. The number of esters is 1. The Hall–Kier alpha value is -2.69. The summed E-state index contributed by atoms with van der Waals surface area (Å²) in [5, 5.41) is 12.1. The molecule has 0 aliphatic carbocycles. The van der Waals surface area contributed by atoms with E-state index in [0.717, 1.165) is 5.56 Å². The molecule has 0 aliphatic rings. The first-order chi connectivity index (χ1) is 9.22. The summed E-state index contributed by atoms with van der Waals surface area (Å²) >= 11 is 0. The van der Waals surface area contributed by atoms with Crippen molar-refractivity contribution in [2.75, 3.05) is 0 Å². The molecule has 0 unspecified atom stereocenters. The Morgan fingerprint density at radius 3 is 2.53 bits per heavy atom. The standard InChI is InChI=1S/C14H11NO4/c16-12-8-4-7-11(13(12)15-18)14(17)19-9-10-5-2-1-3-6-10/h1-8,16H,9H2. The molecule has 0 fully saturated rings. The van der Waals surface area contributed by atoms with Gasteiger partial charge in [0.05, 0.1) is 5.56 Å². The third-order valence-electron chi connectivity index (χ3n) is 2.54. The van der Waals surface area contributed by atoms with Gasteiger partial charge in [-0.1, -0.05) is 36.4 Å². The first-order valence-electron chi connectivity index (χ1n) is 5.58. The lowest BCUT2D eigenvalue weighted by molar-refractivity contribution is 0.0473. The summed E-state index contributed by atoms with van der Waals surface area (Å²) in [7, 11) is 0. The molecule has 0 atom stereocenters. The van der Waals surface area contributed by atoms with Crippen LogP contribution in [0.5, 0.6) is 5.75 Å². The van der Waals surface area contributed by atoms with Crippen LogP contribution in [-0.2, 0) is 11.3 Å². The lowest BCUT2D eigenvalue weighted by Crippen LogP contribution is -2.05. The molecule has 0 saturated carbocycles. The van der Waals surface area contributed by atoms with Gasteiger partial charge in [0.1, 0.15) is 12.4 Å². The van der Waals surface area contributed by atoms with Crippen LogP contribution in [0.2, 0.25) is 0 Å². The zero-order chi connectivity index (χ0) is 13.7. The Morgan fingerprint density at radius 2 is 1.84 bits per heavy atom. The second-order valence-electron chi connectivity index (χ2n) is 3.83. The summed E-state index contributed by atoms with van der Waals surface area (Å²) in [6, 6.07) is 13.3. The first kappa shape index (κ1) is 12.8. The Morgan fingerprint density at radius 1 is 1.11 bits per heavy atom. The highest BCUT2D eigenvalue weighted by Crippen LogP contribution is 2.30. The van der Waals surface area contributed by atoms with Crippen LogP contribution < -0.4 is 0 Å². The predicted octanol–water partition coefficient (Wildman–Crippen LogP) is 3.15. The summed E-state index contributed by atoms with van der Waals surface area (Å²) in [4.78, 5) is 22.4. The fourth-order valence-corrected chi connectivity index (χ4v) is 1.59. The molecule has 96 valence electrons. The van der Waals surface area contributed by atoms with Gasteiger partial charge in [0.25, 0.3) is 0 Å². The molecular formula is C14H11NO4. The Bertz CT molecular complexity index is 596. The van der Waals surface area contributed by atoms with E-state index in [0.29, 0.717) is 0 Å². The lowest BCUT2D eigenvalue weighted by Gasteiger charge is -2.06. The van der Waals surface area contributed by atoms with E-state index in [1.54, 1.807) is 0 Å². The number of hydrogen-bond donors (Lipinski definition) is 1. The first-order valence-corrected chi connectivity index (χ1v) is 5.58. The molecule has 0 spiro atoms. The van der Waals surface area contributed by atoms with E-state index >= 15 is 0 Å². The number of ether oxygens (including phenoxy) is 1. The maximum absolute atomic E-state index is 11.8. The molecule has 0 heterocycles. The fourth-order valence-electron chi connectivity index (χ4n) is 1.59. The number of nitroso groups, excluding NO2 is 1. The van der Waals surface area contributed by atoms with Crippen molar-refractivity contribution in [3.05, 3.63) is 64.6 Å². The van der Waals surface area contributed by atoms with E-state index in [1.165, 1.54) is 18.2 Å². The van der Waals surface area contributed by atoms with Crippen LogP contribution in [0.15, 0.2) is 53.7 Å². The highest BCUT2D eigenvalue weighted by molar-refractivity contribution is 5.96. The number of aromatic hydroxyl groups is 1. The Kier molecular flexibility index (Phi) is 3.87. The van der Waals surface area contributed by atoms with Gasteiger partial charge in [-0.3, -0.25) is 0 Å². The number of hydrogen-bond acceptors (Lipinski definition) is 5. The van der Waals surface area contributed by atoms with Gasteiger partial charge in [-0.2, -0.15) is 0 Å². The fraction of sp³-hybridized carbons (Fsp3) is 0.0714. The van der Waals surface area contributed by atoms with E-state index in [1.807, 2.05) is 30.3 Å². The summed E-state index contributed by atoms with van der Waals surface area (Å²) < 4.78 is 5.06. The van der Waals surface area contributed by atoms with E-state index in [9.17, 15) is 14.8 Å². The van der Waals surface area contributed by atoms with Crippen LogP contribution in [0.4, 0.5) is 5.69 Å². The van der Waals surface area contributed by atoms with Crippen molar-refractivity contribution in [3.63, 3.8) is 0 Å². The van der Waals surface area contributed by atoms with Crippen molar-refractivity contribution in [2.45, 2.75) is 6.61 Å². The maximum Gasteiger partial charge on any atom is 0.340 e. The van der Waals surface area contributed by atoms with Gasteiger partial charge in [0.15, 0.2) is 5.69 Å². The molecule has 2 aromatic carbocycles. The van der Waals surface area contributed by atoms with E-state index < -0.39 is 5.97 Å². The van der Waals surface area contributed by atoms with Crippen LogP contribution in [0.3, 0.4) is 0 Å². The second-order valence-corrected chi connectivity index (χ2v) is 3.83. The van der Waals surface area contributed by atoms with E-state index in [2.05, 4.69) is 5.18 Å². The summed E-state index contributed by atoms with van der Waals surface area (Å²) in [5.74, 6) is -1.04. The predicted molar refractivity (Wildman–Crippen MR) is 69.1 cm³/mol. The van der Waals surface area contributed by atoms with Crippen molar-refractivity contribution in [2.24, 2.45) is 5.18 Å². The highest BCUT2D eigenvalue weighted by Gasteiger charge is 2.16. The van der Waals surface area contributed by atoms with Crippen molar-refractivity contribution < 1.29 is 14.6 Å². The van der Waals surface area contributed by atoms with Crippen molar-refractivity contribution in [1.29, 1.82) is 0 Å². The van der Waals surface area contributed by atoms with Crippen molar-refractivity contribution in [1.82, 2.24) is 0 Å². The molecule has 19 heavy (non-hydrogen) atoms. The third-order valence-corrected chi connectivity index (χ3v) is 2.54. The molecule has 2 rings (SSSR count). The molecule has 2 aromatic rings. The van der Waals surface area contributed by atoms with Gasteiger partial charge >= 0.3 is 5.97 Å². The number of carbonyl (C=O) groups is 1. The Balaban J connectivity index is 2.13. The number of nitrogens with zero attached hydrogens (tertiary/aromatic N) is 1. The summed E-state index contributed by atoms with van der Waals surface area (Å²) in [6.45, 7) is 0.0909. The molecule has 5 nitrogen and oxygen atoms in total. The molecule has 0 amide bonds. The van der Waals surface area contributed by atoms with Gasteiger partial charge in [0.2, 0.25) is 0 Å². The third kappa shape index (κ3) is 2.95. The Labute approximate surface area is 109 Å². The van der Waals surface area contributed by atoms with Crippen molar-refractivity contribution >= 4 is 11.7 Å². The number of phenolic OH excluding ortho intramolecular Hbond substituents is 1. The molecule has 1 N–H and O–H groups in total. The molecule has 0 aromatic heterocycles. The zero-order valence-corrected chi connectivity index (χ0v) is 9.95. The van der Waals surface area contributed by atoms with Crippen molar-refractivity contribution in [3.8, 4) is 5.75 Å². The minimum atomic E-state index is -0.700. The quantitative estimate of drug-likeness (QED) is 0.674. The smallest absolute Gasteiger partial charge is 0.340 e. The van der Waals surface area contributed by atoms with Crippen LogP contribution in [0.25, 0.3) is 0 Å². The number of rotatable bonds is 4. The van der Waals surface area contributed by atoms with Gasteiger partial charge in [0, 0.05) is 0 Å². The maximum atomic E-state index is 11.8. The minimum Gasteiger partial charge on any atom is -0.506 e. The number of carbonyl (C=O) groups excluding carboxylic acids is 1. The van der Waals surface area contributed by atoms with Crippen LogP contribution in [-0.4, -0.2) is 11.1 Å². The number of phenols is 1. The van der Waals surface area contributed by atoms with Crippen LogP contribution >= 0.6 is 0 Å². The van der Waals surface area contributed by atoms with Gasteiger partial charge < -0.3 is 9.84 Å². The normalized spacial score (nSPS) is 9.89. The monoisotopic (exact) mass is 257 g/mol. The largest absolute Gasteiger partial charge is 0.506 e. The zero-order valence-electron chi connectivity index (χ0n) is 9.95. The topological polar surface area (TPSA) is 76.0 Å².